The molecule has 0 unspecified atom stereocenters. The van der Waals surface area contributed by atoms with Crippen molar-refractivity contribution in [3.8, 4) is 0 Å². The number of benzene rings is 1. The third-order valence-electron chi connectivity index (χ3n) is 5.60. The summed E-state index contributed by atoms with van der Waals surface area (Å²) in [5.41, 5.74) is 8.49. The molecule has 0 spiro atoms. The second kappa shape index (κ2) is 12.7. The van der Waals surface area contributed by atoms with E-state index in [2.05, 4.69) is 86.7 Å². The van der Waals surface area contributed by atoms with Crippen LogP contribution >= 0.6 is 11.6 Å². The molecule has 0 amide bonds. The Kier molecular flexibility index (Phi) is 10.3. The van der Waals surface area contributed by atoms with Gasteiger partial charge in [-0.1, -0.05) is 65.7 Å². The minimum atomic E-state index is 0.771. The minimum absolute atomic E-state index is 0.771. The van der Waals surface area contributed by atoms with E-state index in [0.29, 0.717) is 0 Å². The molecule has 0 atom stereocenters. The summed E-state index contributed by atoms with van der Waals surface area (Å²) in [4.78, 5) is 2.31. The highest BCUT2D eigenvalue weighted by atomic mass is 35.5. The molecule has 3 nitrogen and oxygen atoms in total. The fraction of sp³-hybridized carbons (Fsp3) is 0.407. The van der Waals surface area contributed by atoms with Crippen molar-refractivity contribution < 1.29 is 0 Å². The first kappa shape index (κ1) is 25.2. The molecule has 0 bridgehead atoms. The van der Waals surface area contributed by atoms with Crippen molar-refractivity contribution in [3.63, 3.8) is 0 Å². The van der Waals surface area contributed by atoms with Gasteiger partial charge in [-0.25, -0.2) is 0 Å². The van der Waals surface area contributed by atoms with E-state index in [-0.39, 0.29) is 0 Å². The van der Waals surface area contributed by atoms with E-state index >= 15 is 0 Å². The zero-order chi connectivity index (χ0) is 22.8. The van der Waals surface area contributed by atoms with Gasteiger partial charge < -0.3 is 15.5 Å². The van der Waals surface area contributed by atoms with Gasteiger partial charge in [0.15, 0.2) is 0 Å². The van der Waals surface area contributed by atoms with E-state index in [4.69, 9.17) is 11.6 Å². The number of allylic oxidation sites excluding steroid dienone is 6. The molecule has 1 fully saturated rings. The van der Waals surface area contributed by atoms with Crippen LogP contribution in [-0.4, -0.2) is 37.6 Å². The Morgan fingerprint density at radius 2 is 1.90 bits per heavy atom. The topological polar surface area (TPSA) is 27.3 Å². The Morgan fingerprint density at radius 1 is 1.19 bits per heavy atom. The molecule has 0 saturated carbocycles. The monoisotopic (exact) mass is 439 g/mol. The number of hydrogen-bond donors (Lipinski definition) is 2. The normalized spacial score (nSPS) is 16.2. The highest BCUT2D eigenvalue weighted by Crippen LogP contribution is 2.22. The summed E-state index contributed by atoms with van der Waals surface area (Å²) in [6.45, 7) is 22.4. The number of rotatable bonds is 10. The molecule has 4 heteroatoms. The predicted octanol–water partition coefficient (Wildman–Crippen LogP) is 5.77. The zero-order valence-electron chi connectivity index (χ0n) is 19.7. The summed E-state index contributed by atoms with van der Waals surface area (Å²) < 4.78 is 0. The van der Waals surface area contributed by atoms with Gasteiger partial charge in [0.2, 0.25) is 0 Å². The van der Waals surface area contributed by atoms with Crippen molar-refractivity contribution in [2.75, 3.05) is 32.7 Å². The van der Waals surface area contributed by atoms with Gasteiger partial charge in [0.1, 0.15) is 0 Å². The first-order valence-electron chi connectivity index (χ1n) is 11.1. The highest BCUT2D eigenvalue weighted by molar-refractivity contribution is 6.31. The second-order valence-electron chi connectivity index (χ2n) is 8.48. The largest absolute Gasteiger partial charge is 0.369 e. The standard InChI is InChI=1S/C27H38ClN3/c1-7-25(17-24(6)31-12-10-29-11-13-31)16-23(5)27(28)15-21(3)18-30-19-26-9-8-20(2)14-22(26)4/h7-9,14-15,17,29-30H,1,6,10-13,16,18-19H2,2-5H3/b21-15+,25-17+,27-23-. The second-order valence-corrected chi connectivity index (χ2v) is 8.89. The van der Waals surface area contributed by atoms with Crippen LogP contribution < -0.4 is 10.6 Å². The molecule has 31 heavy (non-hydrogen) atoms. The van der Waals surface area contributed by atoms with Gasteiger partial charge >= 0.3 is 0 Å². The van der Waals surface area contributed by atoms with Crippen molar-refractivity contribution in [2.45, 2.75) is 40.7 Å². The zero-order valence-corrected chi connectivity index (χ0v) is 20.4. The first-order valence-corrected chi connectivity index (χ1v) is 11.4. The van der Waals surface area contributed by atoms with E-state index in [0.717, 1.165) is 67.6 Å². The molecule has 168 valence electrons. The van der Waals surface area contributed by atoms with Crippen LogP contribution in [0.1, 0.15) is 37.0 Å². The summed E-state index contributed by atoms with van der Waals surface area (Å²) >= 11 is 6.62. The molecule has 1 aliphatic heterocycles. The van der Waals surface area contributed by atoms with Crippen molar-refractivity contribution in [2.24, 2.45) is 0 Å². The first-order chi connectivity index (χ1) is 14.8. The fourth-order valence-electron chi connectivity index (χ4n) is 3.66. The number of hydrogen-bond acceptors (Lipinski definition) is 3. The Balaban J connectivity index is 1.93. The van der Waals surface area contributed by atoms with Crippen LogP contribution in [0.3, 0.4) is 0 Å². The van der Waals surface area contributed by atoms with Gasteiger partial charge in [0.25, 0.3) is 0 Å². The molecular weight excluding hydrogens is 402 g/mol. The third kappa shape index (κ3) is 8.53. The molecule has 0 aliphatic carbocycles. The Morgan fingerprint density at radius 3 is 2.55 bits per heavy atom. The lowest BCUT2D eigenvalue weighted by molar-refractivity contribution is 0.308. The summed E-state index contributed by atoms with van der Waals surface area (Å²) in [6.07, 6.45) is 6.88. The van der Waals surface area contributed by atoms with E-state index in [1.165, 1.54) is 22.3 Å². The lowest BCUT2D eigenvalue weighted by Gasteiger charge is -2.30. The van der Waals surface area contributed by atoms with Crippen LogP contribution in [0.4, 0.5) is 0 Å². The van der Waals surface area contributed by atoms with Crippen LogP contribution in [0.25, 0.3) is 0 Å². The van der Waals surface area contributed by atoms with Gasteiger partial charge in [-0.05, 0) is 63.0 Å². The Labute approximate surface area is 194 Å². The lowest BCUT2D eigenvalue weighted by atomic mass is 10.0. The molecule has 0 aromatic heterocycles. The van der Waals surface area contributed by atoms with E-state index < -0.39 is 0 Å². The molecule has 2 rings (SSSR count). The SMILES string of the molecule is C=C/C(=C\C(=C)N1CCNCC1)C/C(C)=C(Cl)/C=C(\C)CNCc1ccc(C)cc1C. The number of piperazine rings is 1. The maximum atomic E-state index is 6.62. The molecule has 2 N–H and O–H groups in total. The van der Waals surface area contributed by atoms with Crippen molar-refractivity contribution in [3.05, 3.63) is 93.7 Å². The summed E-state index contributed by atoms with van der Waals surface area (Å²) in [5, 5.41) is 7.69. The molecular formula is C27H38ClN3. The van der Waals surface area contributed by atoms with Gasteiger partial charge in [0.05, 0.1) is 0 Å². The predicted molar refractivity (Wildman–Crippen MR) is 136 cm³/mol. The van der Waals surface area contributed by atoms with E-state index in [1.807, 2.05) is 6.08 Å². The molecule has 1 aliphatic rings. The smallest absolute Gasteiger partial charge is 0.0398 e. The number of nitrogens with one attached hydrogen (secondary N) is 2. The summed E-state index contributed by atoms with van der Waals surface area (Å²) in [6, 6.07) is 6.59. The van der Waals surface area contributed by atoms with Gasteiger partial charge in [-0.3, -0.25) is 0 Å². The summed E-state index contributed by atoms with van der Waals surface area (Å²) in [5.74, 6) is 0. The van der Waals surface area contributed by atoms with Crippen molar-refractivity contribution in [1.29, 1.82) is 0 Å². The quantitative estimate of drug-likeness (QED) is 0.453. The van der Waals surface area contributed by atoms with Crippen molar-refractivity contribution >= 4 is 11.6 Å². The van der Waals surface area contributed by atoms with Crippen LogP contribution in [0.2, 0.25) is 0 Å². The lowest BCUT2D eigenvalue weighted by Crippen LogP contribution is -2.42. The maximum absolute atomic E-state index is 6.62. The van der Waals surface area contributed by atoms with E-state index in [9.17, 15) is 0 Å². The van der Waals surface area contributed by atoms with Crippen molar-refractivity contribution in [1.82, 2.24) is 15.5 Å². The number of aryl methyl sites for hydroxylation is 2. The minimum Gasteiger partial charge on any atom is -0.369 e. The van der Waals surface area contributed by atoms with Gasteiger partial charge in [0, 0.05) is 50.0 Å². The van der Waals surface area contributed by atoms with Crippen LogP contribution in [0.15, 0.2) is 77.0 Å². The van der Waals surface area contributed by atoms with Gasteiger partial charge in [-0.2, -0.15) is 0 Å². The molecule has 1 aromatic carbocycles. The molecule has 1 aromatic rings. The molecule has 1 heterocycles. The van der Waals surface area contributed by atoms with Crippen LogP contribution in [-0.2, 0) is 6.54 Å². The van der Waals surface area contributed by atoms with Gasteiger partial charge in [-0.15, -0.1) is 0 Å². The van der Waals surface area contributed by atoms with Crippen LogP contribution in [0.5, 0.6) is 0 Å². The average Bonchev–Trinajstić information content (AvgIpc) is 2.75. The Hall–Kier alpha value is -2.07. The summed E-state index contributed by atoms with van der Waals surface area (Å²) in [7, 11) is 0. The fourth-order valence-corrected chi connectivity index (χ4v) is 3.91. The number of nitrogens with zero attached hydrogens (tertiary/aromatic N) is 1. The molecule has 1 saturated heterocycles. The average molecular weight is 440 g/mol. The van der Waals surface area contributed by atoms with E-state index in [1.54, 1.807) is 0 Å². The van der Waals surface area contributed by atoms with Crippen LogP contribution in [0, 0.1) is 13.8 Å². The highest BCUT2D eigenvalue weighted by Gasteiger charge is 2.10. The number of halogens is 1. The molecule has 0 radical (unpaired) electrons. The third-order valence-corrected chi connectivity index (χ3v) is 6.04. The maximum Gasteiger partial charge on any atom is 0.0398 e. The Bertz CT molecular complexity index is 870.